The molecule has 0 spiro atoms. The second-order valence-electron chi connectivity index (χ2n) is 7.54. The third-order valence-corrected chi connectivity index (χ3v) is 7.65. The van der Waals surface area contributed by atoms with Gasteiger partial charge in [-0.15, -0.1) is 0 Å². The minimum Gasteiger partial charge on any atom is -0.345 e. The first kappa shape index (κ1) is 28.0. The van der Waals surface area contributed by atoms with Crippen LogP contribution in [0.3, 0.4) is 0 Å². The van der Waals surface area contributed by atoms with Crippen molar-refractivity contribution in [3.63, 3.8) is 0 Å². The Morgan fingerprint density at radius 1 is 0.865 bits per heavy atom. The van der Waals surface area contributed by atoms with Crippen LogP contribution < -0.4 is 5.32 Å². The van der Waals surface area contributed by atoms with Gasteiger partial charge in [0.05, 0.1) is 38.1 Å². The normalized spacial score (nSPS) is 12.8. The van der Waals surface area contributed by atoms with E-state index >= 15 is 0 Å². The van der Waals surface area contributed by atoms with Crippen molar-refractivity contribution in [1.82, 2.24) is 15.3 Å². The third kappa shape index (κ3) is 6.43. The van der Waals surface area contributed by atoms with Gasteiger partial charge in [0.25, 0.3) is 5.91 Å². The maximum absolute atomic E-state index is 13.0. The maximum Gasteiger partial charge on any atom is 0.417 e. The summed E-state index contributed by atoms with van der Waals surface area (Å²) in [6, 6.07) is 5.29. The number of nitrogens with one attached hydrogen (secondary N) is 1. The fourth-order valence-electron chi connectivity index (χ4n) is 3.00. The van der Waals surface area contributed by atoms with Gasteiger partial charge in [0, 0.05) is 18.6 Å². The number of alkyl halides is 6. The van der Waals surface area contributed by atoms with Crippen molar-refractivity contribution in [1.29, 1.82) is 0 Å². The number of carbonyl (C=O) groups is 1. The summed E-state index contributed by atoms with van der Waals surface area (Å²) in [6.07, 6.45) is -7.82. The first-order valence-electron chi connectivity index (χ1n) is 9.83. The summed E-state index contributed by atoms with van der Waals surface area (Å²) in [5.41, 5.74) is -3.50. The number of halogens is 6. The van der Waals surface area contributed by atoms with Crippen molar-refractivity contribution in [3.8, 4) is 0 Å². The summed E-state index contributed by atoms with van der Waals surface area (Å²) in [6.45, 7) is -0.517. The Morgan fingerprint density at radius 2 is 1.49 bits per heavy atom. The van der Waals surface area contributed by atoms with E-state index < -0.39 is 76.0 Å². The lowest BCUT2D eigenvalue weighted by molar-refractivity contribution is -0.138. The largest absolute Gasteiger partial charge is 0.417 e. The molecule has 2 heterocycles. The van der Waals surface area contributed by atoms with E-state index in [9.17, 15) is 48.0 Å². The van der Waals surface area contributed by atoms with E-state index in [1.807, 2.05) is 0 Å². The number of nitrogens with zero attached hydrogens (tertiary/aromatic N) is 2. The van der Waals surface area contributed by atoms with Crippen molar-refractivity contribution in [2.45, 2.75) is 33.6 Å². The van der Waals surface area contributed by atoms with Gasteiger partial charge in [0.2, 0.25) is 9.84 Å². The Kier molecular flexibility index (Phi) is 7.38. The lowest BCUT2D eigenvalue weighted by Gasteiger charge is -2.12. The average Bonchev–Trinajstić information content (AvgIpc) is 2.80. The predicted molar refractivity (Wildman–Crippen MR) is 115 cm³/mol. The Hall–Kier alpha value is -3.53. The van der Waals surface area contributed by atoms with Gasteiger partial charge in [-0.2, -0.15) is 26.3 Å². The zero-order valence-corrected chi connectivity index (χ0v) is 20.1. The smallest absolute Gasteiger partial charge is 0.345 e. The number of carbonyl (C=O) groups excluding carboxylic acids is 1. The lowest BCUT2D eigenvalue weighted by Crippen LogP contribution is -2.27. The van der Waals surface area contributed by atoms with E-state index in [2.05, 4.69) is 15.3 Å². The molecule has 1 aromatic carbocycles. The zero-order chi connectivity index (χ0) is 27.8. The van der Waals surface area contributed by atoms with Crippen LogP contribution in [0, 0.1) is 0 Å². The Morgan fingerprint density at radius 3 is 2.08 bits per heavy atom. The molecule has 8 nitrogen and oxygen atoms in total. The lowest BCUT2D eigenvalue weighted by atomic mass is 10.2. The van der Waals surface area contributed by atoms with Gasteiger partial charge in [0.1, 0.15) is 5.69 Å². The van der Waals surface area contributed by atoms with E-state index in [1.54, 1.807) is 0 Å². The fourth-order valence-corrected chi connectivity index (χ4v) is 5.18. The number of pyridine rings is 2. The molecule has 0 saturated carbocycles. The standard InChI is InChI=1S/C21H15F6N3O5S2/c1-36(32,33)17-8-13(21(25,26)27)10-29-18(17)19(31)30-11-14-9-16(5-6-28-14)37(34,35)15-4-2-3-12(7-15)20(22,23)24/h2-10H,11H2,1H3,(H,30,31). The average molecular weight is 567 g/mol. The van der Waals surface area contributed by atoms with E-state index in [-0.39, 0.29) is 18.0 Å². The van der Waals surface area contributed by atoms with Crippen LogP contribution in [0.2, 0.25) is 0 Å². The van der Waals surface area contributed by atoms with Gasteiger partial charge in [-0.3, -0.25) is 9.78 Å². The molecule has 0 unspecified atom stereocenters. The zero-order valence-electron chi connectivity index (χ0n) is 18.4. The number of amides is 1. The summed E-state index contributed by atoms with van der Waals surface area (Å²) in [5.74, 6) is -1.19. The molecule has 0 aliphatic carbocycles. The summed E-state index contributed by atoms with van der Waals surface area (Å²) >= 11 is 0. The van der Waals surface area contributed by atoms with E-state index in [0.717, 1.165) is 30.5 Å². The Labute approximate surface area is 206 Å². The van der Waals surface area contributed by atoms with Crippen molar-refractivity contribution >= 4 is 25.6 Å². The van der Waals surface area contributed by atoms with Crippen LogP contribution in [0.5, 0.6) is 0 Å². The van der Waals surface area contributed by atoms with Crippen LogP contribution in [0.15, 0.2) is 69.5 Å². The fraction of sp³-hybridized carbons (Fsp3) is 0.190. The van der Waals surface area contributed by atoms with E-state index in [1.165, 1.54) is 0 Å². The number of aromatic nitrogens is 2. The van der Waals surface area contributed by atoms with Crippen LogP contribution in [0.1, 0.15) is 27.3 Å². The second-order valence-corrected chi connectivity index (χ2v) is 11.5. The molecule has 1 N–H and O–H groups in total. The Bertz CT molecular complexity index is 1570. The monoisotopic (exact) mass is 567 g/mol. The van der Waals surface area contributed by atoms with E-state index in [0.29, 0.717) is 18.4 Å². The molecule has 0 saturated heterocycles. The van der Waals surface area contributed by atoms with Gasteiger partial charge >= 0.3 is 12.4 Å². The first-order valence-corrected chi connectivity index (χ1v) is 13.2. The molecular weight excluding hydrogens is 552 g/mol. The molecule has 0 bridgehead atoms. The van der Waals surface area contributed by atoms with Crippen LogP contribution in [0.25, 0.3) is 0 Å². The Balaban J connectivity index is 1.87. The van der Waals surface area contributed by atoms with Crippen molar-refractivity contribution in [3.05, 3.63) is 77.4 Å². The summed E-state index contributed by atoms with van der Waals surface area (Å²) in [4.78, 5) is 17.6. The first-order chi connectivity index (χ1) is 16.9. The van der Waals surface area contributed by atoms with E-state index in [4.69, 9.17) is 0 Å². The van der Waals surface area contributed by atoms with Crippen molar-refractivity contribution < 1.29 is 48.0 Å². The van der Waals surface area contributed by atoms with Gasteiger partial charge in [-0.25, -0.2) is 21.8 Å². The minimum atomic E-state index is -4.92. The predicted octanol–water partition coefficient (Wildman–Crippen LogP) is 3.68. The molecule has 0 fully saturated rings. The van der Waals surface area contributed by atoms with Gasteiger partial charge in [-0.1, -0.05) is 6.07 Å². The molecule has 3 rings (SSSR count). The molecule has 198 valence electrons. The highest BCUT2D eigenvalue weighted by Gasteiger charge is 2.34. The molecule has 37 heavy (non-hydrogen) atoms. The molecular formula is C21H15F6N3O5S2. The number of sulfone groups is 2. The molecule has 1 amide bonds. The molecule has 2 aromatic heterocycles. The number of benzene rings is 1. The van der Waals surface area contributed by atoms with Crippen LogP contribution in [-0.4, -0.2) is 39.0 Å². The molecule has 16 heteroatoms. The third-order valence-electron chi connectivity index (χ3n) is 4.79. The van der Waals surface area contributed by atoms with Crippen LogP contribution >= 0.6 is 0 Å². The number of hydrogen-bond donors (Lipinski definition) is 1. The van der Waals surface area contributed by atoms with Gasteiger partial charge < -0.3 is 5.32 Å². The summed E-state index contributed by atoms with van der Waals surface area (Å²) in [7, 11) is -8.74. The SMILES string of the molecule is CS(=O)(=O)c1cc(C(F)(F)F)cnc1C(=O)NCc1cc(S(=O)(=O)c2cccc(C(F)(F)F)c2)ccn1. The molecule has 0 atom stereocenters. The minimum absolute atomic E-state index is 0.103. The second kappa shape index (κ2) is 9.74. The number of hydrogen-bond acceptors (Lipinski definition) is 7. The van der Waals surface area contributed by atoms with Gasteiger partial charge in [-0.05, 0) is 36.4 Å². The number of rotatable bonds is 6. The summed E-state index contributed by atoms with van der Waals surface area (Å²) < 4.78 is 127. The maximum atomic E-state index is 13.0. The van der Waals surface area contributed by atoms with Crippen molar-refractivity contribution in [2.75, 3.05) is 6.26 Å². The highest BCUT2D eigenvalue weighted by Crippen LogP contribution is 2.32. The highest BCUT2D eigenvalue weighted by atomic mass is 32.2. The molecule has 0 aliphatic rings. The molecule has 0 radical (unpaired) electrons. The van der Waals surface area contributed by atoms with Crippen LogP contribution in [0.4, 0.5) is 26.3 Å². The van der Waals surface area contributed by atoms with Crippen molar-refractivity contribution in [2.24, 2.45) is 0 Å². The molecule has 0 aliphatic heterocycles. The summed E-state index contributed by atoms with van der Waals surface area (Å²) in [5, 5.41) is 2.18. The topological polar surface area (TPSA) is 123 Å². The van der Waals surface area contributed by atoms with Gasteiger partial charge in [0.15, 0.2) is 9.84 Å². The van der Waals surface area contributed by atoms with Crippen LogP contribution in [-0.2, 0) is 38.6 Å². The highest BCUT2D eigenvalue weighted by molar-refractivity contribution is 7.91. The quantitative estimate of drug-likeness (QED) is 0.451. The molecule has 3 aromatic rings.